The topological polar surface area (TPSA) is 21.7 Å². The Morgan fingerprint density at radius 1 is 0.917 bits per heavy atom. The van der Waals surface area contributed by atoms with Gasteiger partial charge in [0.1, 0.15) is 25.4 Å². The molecule has 0 aliphatic carbocycles. The van der Waals surface area contributed by atoms with E-state index in [0.717, 1.165) is 49.7 Å². The maximum atomic E-state index is 5.79. The summed E-state index contributed by atoms with van der Waals surface area (Å²) in [6.07, 6.45) is 0. The summed E-state index contributed by atoms with van der Waals surface area (Å²) < 4.78 is 12.4. The zero-order valence-electron chi connectivity index (χ0n) is 15.0. The largest absolute Gasteiger partial charge is 1.00 e. The Morgan fingerprint density at radius 2 is 1.46 bits per heavy atom. The van der Waals surface area contributed by atoms with E-state index < -0.39 is 0 Å². The summed E-state index contributed by atoms with van der Waals surface area (Å²) in [5, 5.41) is 0. The summed E-state index contributed by atoms with van der Waals surface area (Å²) >= 11 is 0. The van der Waals surface area contributed by atoms with E-state index in [0.29, 0.717) is 0 Å². The zero-order valence-corrected chi connectivity index (χ0v) is 19.3. The van der Waals surface area contributed by atoms with Crippen molar-refractivity contribution in [3.05, 3.63) is 29.8 Å². The quantitative estimate of drug-likeness (QED) is 0.169. The van der Waals surface area contributed by atoms with Gasteiger partial charge < -0.3 is 66.8 Å². The molecule has 24 heavy (non-hydrogen) atoms. The molecular weight excluding hydrogens is 530 g/mol. The molecule has 0 atom stereocenters. The minimum Gasteiger partial charge on any atom is -1.00 e. The number of benzene rings is 1. The predicted octanol–water partition coefficient (Wildman–Crippen LogP) is -3.33. The lowest BCUT2D eigenvalue weighted by Crippen LogP contribution is -3.00. The van der Waals surface area contributed by atoms with Crippen LogP contribution in [0, 0.1) is 6.92 Å². The molecule has 0 aliphatic heterocycles. The van der Waals surface area contributed by atoms with Crippen molar-refractivity contribution in [1.82, 2.24) is 4.90 Å². The van der Waals surface area contributed by atoms with E-state index in [-0.39, 0.29) is 55.4 Å². The minimum atomic E-state index is 0. The Hall–Kier alpha value is 0.360. The molecule has 4 nitrogen and oxygen atoms in total. The third-order valence-corrected chi connectivity index (χ3v) is 3.51. The van der Waals surface area contributed by atoms with Crippen LogP contribution >= 0.6 is 0 Å². The molecule has 1 aromatic rings. The van der Waals surface area contributed by atoms with Crippen LogP contribution in [0.1, 0.15) is 13.0 Å². The van der Waals surface area contributed by atoms with Gasteiger partial charge in [-0.3, -0.25) is 0 Å². The molecule has 0 bridgehead atoms. The summed E-state index contributed by atoms with van der Waals surface area (Å²) in [5.41, 5.74) is 1.26. The second kappa shape index (κ2) is 15.6. The van der Waals surface area contributed by atoms with Crippen LogP contribution in [0.15, 0.2) is 24.3 Å². The second-order valence-electron chi connectivity index (χ2n) is 6.46. The van der Waals surface area contributed by atoms with Gasteiger partial charge in [0.25, 0.3) is 0 Å². The van der Waals surface area contributed by atoms with Crippen molar-refractivity contribution in [3.63, 3.8) is 0 Å². The standard InChI is InChI=1S/C17H31N2O2.CH4.2HI/c1-16-6-8-17(9-7-16)21-15-12-19(4,5)11-14-20-13-10-18(2)3;;;/h6-9H,10-15H2,1-5H3;1H4;2*1H/q+1;;;/p-2. The number of ether oxygens (including phenoxy) is 2. The molecule has 0 saturated carbocycles. The Balaban J connectivity index is -0.00000147. The number of nitrogens with zero attached hydrogens (tertiary/aromatic N) is 2. The molecule has 1 rings (SSSR count). The van der Waals surface area contributed by atoms with Gasteiger partial charge in [-0.25, -0.2) is 0 Å². The van der Waals surface area contributed by atoms with Crippen LogP contribution in [0.5, 0.6) is 5.75 Å². The van der Waals surface area contributed by atoms with Gasteiger partial charge >= 0.3 is 0 Å². The van der Waals surface area contributed by atoms with Gasteiger partial charge in [0, 0.05) is 6.54 Å². The number of aryl methyl sites for hydroxylation is 1. The van der Waals surface area contributed by atoms with Crippen molar-refractivity contribution in [2.45, 2.75) is 14.4 Å². The van der Waals surface area contributed by atoms with Gasteiger partial charge in [-0.15, -0.1) is 0 Å². The van der Waals surface area contributed by atoms with E-state index in [4.69, 9.17) is 9.47 Å². The number of likely N-dealkylation sites (N-methyl/N-ethyl adjacent to an activating group) is 2. The van der Waals surface area contributed by atoms with E-state index in [1.54, 1.807) is 0 Å². The summed E-state index contributed by atoms with van der Waals surface area (Å²) in [4.78, 5) is 2.13. The highest BCUT2D eigenvalue weighted by Gasteiger charge is 2.14. The normalized spacial score (nSPS) is 10.4. The molecule has 0 aliphatic rings. The molecule has 0 amide bonds. The van der Waals surface area contributed by atoms with Crippen LogP contribution in [-0.2, 0) is 4.74 Å². The predicted molar refractivity (Wildman–Crippen MR) is 94.6 cm³/mol. The Bertz CT molecular complexity index is 399. The maximum absolute atomic E-state index is 5.79. The van der Waals surface area contributed by atoms with E-state index in [9.17, 15) is 0 Å². The molecule has 0 radical (unpaired) electrons. The summed E-state index contributed by atoms with van der Waals surface area (Å²) in [7, 11) is 8.55. The first-order valence-corrected chi connectivity index (χ1v) is 7.63. The number of halogens is 2. The number of hydrogen-bond donors (Lipinski definition) is 0. The van der Waals surface area contributed by atoms with E-state index >= 15 is 0 Å². The van der Waals surface area contributed by atoms with Gasteiger partial charge in [-0.2, -0.15) is 0 Å². The zero-order chi connectivity index (χ0) is 15.7. The van der Waals surface area contributed by atoms with Gasteiger partial charge in [0.05, 0.1) is 27.3 Å². The third kappa shape index (κ3) is 14.7. The molecule has 0 aromatic heterocycles. The average molecular weight is 565 g/mol. The summed E-state index contributed by atoms with van der Waals surface area (Å²) in [6, 6.07) is 8.21. The number of hydrogen-bond acceptors (Lipinski definition) is 3. The van der Waals surface area contributed by atoms with E-state index in [1.165, 1.54) is 5.56 Å². The third-order valence-electron chi connectivity index (χ3n) is 3.51. The van der Waals surface area contributed by atoms with Crippen LogP contribution < -0.4 is 52.7 Å². The average Bonchev–Trinajstić information content (AvgIpc) is 2.40. The number of quaternary nitrogens is 1. The lowest BCUT2D eigenvalue weighted by Gasteiger charge is -2.29. The molecule has 144 valence electrons. The smallest absolute Gasteiger partial charge is 0.137 e. The Morgan fingerprint density at radius 3 is 2.00 bits per heavy atom. The highest BCUT2D eigenvalue weighted by Crippen LogP contribution is 2.11. The van der Waals surface area contributed by atoms with Crippen LogP contribution in [0.2, 0.25) is 0 Å². The fourth-order valence-corrected chi connectivity index (χ4v) is 1.82. The lowest BCUT2D eigenvalue weighted by molar-refractivity contribution is -0.890. The monoisotopic (exact) mass is 565 g/mol. The van der Waals surface area contributed by atoms with Crippen molar-refractivity contribution in [2.75, 3.05) is 67.6 Å². The van der Waals surface area contributed by atoms with Gasteiger partial charge in [-0.1, -0.05) is 25.1 Å². The van der Waals surface area contributed by atoms with Crippen LogP contribution in [0.25, 0.3) is 0 Å². The maximum Gasteiger partial charge on any atom is 0.137 e. The molecule has 0 N–H and O–H groups in total. The van der Waals surface area contributed by atoms with Gasteiger partial charge in [0.2, 0.25) is 0 Å². The molecule has 0 unspecified atom stereocenters. The molecule has 0 saturated heterocycles. The van der Waals surface area contributed by atoms with Crippen LogP contribution in [0.3, 0.4) is 0 Å². The van der Waals surface area contributed by atoms with Crippen molar-refractivity contribution in [1.29, 1.82) is 0 Å². The first-order valence-electron chi connectivity index (χ1n) is 7.63. The molecule has 1 aromatic carbocycles. The van der Waals surface area contributed by atoms with E-state index in [2.05, 4.69) is 52.1 Å². The van der Waals surface area contributed by atoms with Crippen molar-refractivity contribution >= 4 is 0 Å². The van der Waals surface area contributed by atoms with Crippen molar-refractivity contribution < 1.29 is 61.9 Å². The molecular formula is C18H35I2N2O2-. The molecule has 0 heterocycles. The lowest BCUT2D eigenvalue weighted by atomic mass is 10.2. The highest BCUT2D eigenvalue weighted by atomic mass is 127. The summed E-state index contributed by atoms with van der Waals surface area (Å²) in [6.45, 7) is 7.37. The fraction of sp³-hybridized carbons (Fsp3) is 0.667. The van der Waals surface area contributed by atoms with Crippen LogP contribution in [0.4, 0.5) is 0 Å². The molecule has 6 heteroatoms. The van der Waals surface area contributed by atoms with E-state index in [1.807, 2.05) is 12.1 Å². The number of rotatable bonds is 10. The van der Waals surface area contributed by atoms with Gasteiger partial charge in [-0.05, 0) is 33.2 Å². The summed E-state index contributed by atoms with van der Waals surface area (Å²) in [5.74, 6) is 0.947. The SMILES string of the molecule is C.Cc1ccc(OCC[N+](C)(C)CCOCCN(C)C)cc1.[I-].[I-]. The van der Waals surface area contributed by atoms with Crippen LogP contribution in [-0.4, -0.2) is 77.0 Å². The van der Waals surface area contributed by atoms with Gasteiger partial charge in [0.15, 0.2) is 0 Å². The second-order valence-corrected chi connectivity index (χ2v) is 6.46. The molecule has 0 fully saturated rings. The first kappa shape index (κ1) is 29.1. The minimum absolute atomic E-state index is 0. The molecule has 0 spiro atoms. The van der Waals surface area contributed by atoms with Crippen molar-refractivity contribution in [3.8, 4) is 5.75 Å². The Kier molecular flexibility index (Phi) is 18.9. The Labute approximate surface area is 183 Å². The highest BCUT2D eigenvalue weighted by molar-refractivity contribution is 5.26. The van der Waals surface area contributed by atoms with Crippen molar-refractivity contribution in [2.24, 2.45) is 0 Å². The fourth-order valence-electron chi connectivity index (χ4n) is 1.82. The first-order chi connectivity index (χ1) is 9.89.